The molecule has 1 aliphatic heterocycles. The molecule has 0 aromatic heterocycles. The van der Waals surface area contributed by atoms with Gasteiger partial charge in [-0.05, 0) is 79.8 Å². The molecule has 7 nitrogen and oxygen atoms in total. The fourth-order valence-electron chi connectivity index (χ4n) is 6.15. The first kappa shape index (κ1) is 29.2. The van der Waals surface area contributed by atoms with E-state index in [2.05, 4.69) is 47.5 Å². The number of nitrogens with one attached hydrogen (secondary N) is 1. The smallest absolute Gasteiger partial charge is 0.222 e. The van der Waals surface area contributed by atoms with Gasteiger partial charge in [-0.3, -0.25) is 4.79 Å². The molecule has 1 amide bonds. The number of hydrogen-bond acceptors (Lipinski definition) is 6. The first-order valence-corrected chi connectivity index (χ1v) is 14.5. The second-order valence-electron chi connectivity index (χ2n) is 10.8. The van der Waals surface area contributed by atoms with Crippen LogP contribution in [-0.2, 0) is 20.9 Å². The monoisotopic (exact) mass is 538 g/mol. The minimum Gasteiger partial charge on any atom is -0.497 e. The molecule has 4 rings (SSSR count). The van der Waals surface area contributed by atoms with Crippen molar-refractivity contribution in [3.8, 4) is 11.5 Å². The second kappa shape index (κ2) is 14.6. The number of hydrogen-bond donors (Lipinski definition) is 1. The van der Waals surface area contributed by atoms with E-state index in [-0.39, 0.29) is 23.8 Å². The van der Waals surface area contributed by atoms with E-state index in [1.807, 2.05) is 12.1 Å². The van der Waals surface area contributed by atoms with E-state index in [0.717, 1.165) is 81.0 Å². The van der Waals surface area contributed by atoms with Crippen molar-refractivity contribution in [2.24, 2.45) is 11.8 Å². The van der Waals surface area contributed by atoms with Crippen molar-refractivity contribution in [1.29, 1.82) is 0 Å². The van der Waals surface area contributed by atoms with E-state index in [0.29, 0.717) is 19.1 Å². The Balaban J connectivity index is 1.46. The lowest BCUT2D eigenvalue weighted by Crippen LogP contribution is -2.34. The number of anilines is 1. The predicted molar refractivity (Wildman–Crippen MR) is 155 cm³/mol. The Morgan fingerprint density at radius 2 is 1.97 bits per heavy atom. The van der Waals surface area contributed by atoms with E-state index >= 15 is 0 Å². The molecule has 2 aromatic rings. The van der Waals surface area contributed by atoms with E-state index in [4.69, 9.17) is 18.9 Å². The molecule has 4 atom stereocenters. The Kier molecular flexibility index (Phi) is 10.9. The Morgan fingerprint density at radius 3 is 2.69 bits per heavy atom. The summed E-state index contributed by atoms with van der Waals surface area (Å²) in [6, 6.07) is 14.9. The van der Waals surface area contributed by atoms with Gasteiger partial charge >= 0.3 is 0 Å². The van der Waals surface area contributed by atoms with Gasteiger partial charge in [-0.25, -0.2) is 0 Å². The number of benzene rings is 2. The van der Waals surface area contributed by atoms with Crippen molar-refractivity contribution in [2.75, 3.05) is 52.5 Å². The molecule has 214 valence electrons. The molecular formula is C32H46N2O5. The molecule has 1 N–H and O–H groups in total. The third-order valence-corrected chi connectivity index (χ3v) is 8.39. The Hall–Kier alpha value is -2.77. The van der Waals surface area contributed by atoms with Crippen LogP contribution < -0.4 is 19.7 Å². The van der Waals surface area contributed by atoms with E-state index in [1.54, 1.807) is 21.3 Å². The van der Waals surface area contributed by atoms with Crippen LogP contribution >= 0.6 is 0 Å². The predicted octanol–water partition coefficient (Wildman–Crippen LogP) is 5.56. The summed E-state index contributed by atoms with van der Waals surface area (Å²) in [6.45, 7) is 5.98. The van der Waals surface area contributed by atoms with Gasteiger partial charge in [-0.1, -0.05) is 25.1 Å². The fourth-order valence-corrected chi connectivity index (χ4v) is 6.15. The fraction of sp³-hybridized carbons (Fsp3) is 0.594. The molecule has 0 unspecified atom stereocenters. The number of carbonyl (C=O) groups excluding carboxylic acids is 1. The maximum absolute atomic E-state index is 12.4. The lowest BCUT2D eigenvalue weighted by molar-refractivity contribution is -0.125. The number of fused-ring (bicyclic) bond motifs is 1. The van der Waals surface area contributed by atoms with Gasteiger partial charge in [0.25, 0.3) is 0 Å². The maximum Gasteiger partial charge on any atom is 0.222 e. The van der Waals surface area contributed by atoms with Gasteiger partial charge < -0.3 is 29.2 Å². The molecular weight excluding hydrogens is 492 g/mol. The number of nitrogens with zero attached hydrogens (tertiary/aromatic N) is 1. The van der Waals surface area contributed by atoms with Gasteiger partial charge in [-0.15, -0.1) is 0 Å². The zero-order valence-electron chi connectivity index (χ0n) is 24.1. The van der Waals surface area contributed by atoms with Crippen LogP contribution in [0.15, 0.2) is 42.5 Å². The van der Waals surface area contributed by atoms with Crippen LogP contribution in [0.2, 0.25) is 0 Å². The van der Waals surface area contributed by atoms with Crippen molar-refractivity contribution in [1.82, 2.24) is 5.32 Å². The van der Waals surface area contributed by atoms with Gasteiger partial charge in [0.1, 0.15) is 18.1 Å². The zero-order chi connectivity index (χ0) is 27.6. The molecule has 0 spiro atoms. The van der Waals surface area contributed by atoms with Crippen LogP contribution in [0.3, 0.4) is 0 Å². The minimum atomic E-state index is 0.0681. The summed E-state index contributed by atoms with van der Waals surface area (Å²) in [5, 5.41) is 2.85. The highest BCUT2D eigenvalue weighted by molar-refractivity contribution is 5.78. The molecule has 0 saturated heterocycles. The second-order valence-corrected chi connectivity index (χ2v) is 10.8. The minimum absolute atomic E-state index is 0.0681. The molecule has 1 saturated carbocycles. The molecule has 2 aliphatic rings. The van der Waals surface area contributed by atoms with E-state index in [1.165, 1.54) is 5.56 Å². The van der Waals surface area contributed by atoms with Crippen molar-refractivity contribution < 1.29 is 23.7 Å². The van der Waals surface area contributed by atoms with Crippen LogP contribution in [0.4, 0.5) is 5.69 Å². The highest BCUT2D eigenvalue weighted by Crippen LogP contribution is 2.42. The third-order valence-electron chi connectivity index (χ3n) is 8.39. The number of ether oxygens (including phenoxy) is 4. The first-order valence-electron chi connectivity index (χ1n) is 14.5. The molecule has 1 fully saturated rings. The Morgan fingerprint density at radius 1 is 1.15 bits per heavy atom. The first-order chi connectivity index (χ1) is 19.1. The number of carbonyl (C=O) groups is 1. The molecule has 0 bridgehead atoms. The summed E-state index contributed by atoms with van der Waals surface area (Å²) in [6.07, 6.45) is 6.00. The van der Waals surface area contributed by atoms with Crippen LogP contribution in [0, 0.1) is 11.8 Å². The average Bonchev–Trinajstić information content (AvgIpc) is 2.99. The van der Waals surface area contributed by atoms with Crippen LogP contribution in [0.5, 0.6) is 11.5 Å². The lowest BCUT2D eigenvalue weighted by Gasteiger charge is -2.37. The SMILES string of the molecule is CC[C@H](C[C@@H]1CC[C@H](OCc2ccc3c(c2)N(CCCOC)CCO3)[C@@H](c2ccc(OC)cc2)C1)C(=O)NC. The van der Waals surface area contributed by atoms with Gasteiger partial charge in [0.2, 0.25) is 5.91 Å². The number of rotatable bonds is 13. The standard InChI is InChI=1S/C32H46N2O5/c1-5-25(32(35)33-2)19-23-7-13-30(28(20-23)26-9-11-27(37-4)12-10-26)39-22-24-8-14-31-29(21-24)34(16-18-38-31)15-6-17-36-3/h8-12,14,21,23,25,28,30H,5-7,13,15-20,22H2,1-4H3,(H,33,35)/t23-,25+,28+,30-/m0/s1. The summed E-state index contributed by atoms with van der Waals surface area (Å²) >= 11 is 0. The highest BCUT2D eigenvalue weighted by atomic mass is 16.5. The molecule has 2 aromatic carbocycles. The lowest BCUT2D eigenvalue weighted by atomic mass is 9.73. The van der Waals surface area contributed by atoms with Gasteiger partial charge in [-0.2, -0.15) is 0 Å². The quantitative estimate of drug-likeness (QED) is 0.337. The normalized spacial score (nSPS) is 21.5. The summed E-state index contributed by atoms with van der Waals surface area (Å²) in [4.78, 5) is 14.8. The van der Waals surface area contributed by atoms with Crippen LogP contribution in [0.25, 0.3) is 0 Å². The summed E-state index contributed by atoms with van der Waals surface area (Å²) in [5.41, 5.74) is 3.59. The van der Waals surface area contributed by atoms with Crippen molar-refractivity contribution in [3.05, 3.63) is 53.6 Å². The molecule has 1 aliphatic carbocycles. The van der Waals surface area contributed by atoms with Crippen molar-refractivity contribution >= 4 is 11.6 Å². The van der Waals surface area contributed by atoms with Gasteiger partial charge in [0, 0.05) is 39.1 Å². The highest BCUT2D eigenvalue weighted by Gasteiger charge is 2.34. The molecule has 0 radical (unpaired) electrons. The Labute approximate surface area is 234 Å². The largest absolute Gasteiger partial charge is 0.497 e. The molecule has 39 heavy (non-hydrogen) atoms. The zero-order valence-corrected chi connectivity index (χ0v) is 24.1. The maximum atomic E-state index is 12.4. The molecule has 7 heteroatoms. The topological polar surface area (TPSA) is 69.3 Å². The summed E-state index contributed by atoms with van der Waals surface area (Å²) < 4.78 is 23.3. The van der Waals surface area contributed by atoms with Gasteiger partial charge in [0.05, 0.1) is 32.1 Å². The van der Waals surface area contributed by atoms with Crippen molar-refractivity contribution in [3.63, 3.8) is 0 Å². The van der Waals surface area contributed by atoms with E-state index in [9.17, 15) is 4.79 Å². The number of methoxy groups -OCH3 is 2. The van der Waals surface area contributed by atoms with Crippen LogP contribution in [0.1, 0.15) is 62.5 Å². The summed E-state index contributed by atoms with van der Waals surface area (Å²) in [7, 11) is 5.19. The molecule has 1 heterocycles. The number of amides is 1. The third kappa shape index (κ3) is 7.67. The Bertz CT molecular complexity index is 1040. The average molecular weight is 539 g/mol. The van der Waals surface area contributed by atoms with Gasteiger partial charge in [0.15, 0.2) is 0 Å². The summed E-state index contributed by atoms with van der Waals surface area (Å²) in [5.74, 6) is 2.81. The van der Waals surface area contributed by atoms with Crippen LogP contribution in [-0.4, -0.2) is 59.6 Å². The van der Waals surface area contributed by atoms with Crippen molar-refractivity contribution in [2.45, 2.75) is 64.1 Å². The van der Waals surface area contributed by atoms with E-state index < -0.39 is 0 Å².